The van der Waals surface area contributed by atoms with Gasteiger partial charge in [0.25, 0.3) is 0 Å². The van der Waals surface area contributed by atoms with E-state index in [2.05, 4.69) is 29.4 Å². The van der Waals surface area contributed by atoms with Crippen molar-refractivity contribution in [3.05, 3.63) is 50.2 Å². The molecule has 0 spiro atoms. The fraction of sp³-hybridized carbons (Fsp3) is 0.529. The molecule has 1 aromatic carbocycles. The van der Waals surface area contributed by atoms with Crippen LogP contribution in [0.25, 0.3) is 5.70 Å². The second-order valence-electron chi connectivity index (χ2n) is 5.91. The lowest BCUT2D eigenvalue weighted by molar-refractivity contribution is -0.563. The molecule has 0 bridgehead atoms. The van der Waals surface area contributed by atoms with E-state index in [0.717, 1.165) is 31.0 Å². The van der Waals surface area contributed by atoms with E-state index in [1.165, 1.54) is 36.2 Å². The molecule has 7 nitrogen and oxygen atoms in total. The molecule has 1 aliphatic heterocycles. The van der Waals surface area contributed by atoms with E-state index >= 15 is 0 Å². The van der Waals surface area contributed by atoms with Gasteiger partial charge in [0.2, 0.25) is 0 Å². The van der Waals surface area contributed by atoms with Crippen molar-refractivity contribution in [3.63, 3.8) is 0 Å². The molecule has 0 amide bonds. The Morgan fingerprint density at radius 3 is 2.50 bits per heavy atom. The van der Waals surface area contributed by atoms with E-state index in [-0.39, 0.29) is 24.0 Å². The number of benzene rings is 1. The Balaban J connectivity index is 0.00000113. The van der Waals surface area contributed by atoms with Gasteiger partial charge in [0.05, 0.1) is 22.9 Å². The number of anilines is 1. The minimum Gasteiger partial charge on any atom is -0.396 e. The molecule has 0 fully saturated rings. The van der Waals surface area contributed by atoms with Crippen LogP contribution >= 0.6 is 35.6 Å². The average Bonchev–Trinajstić information content (AvgIpc) is 2.55. The van der Waals surface area contributed by atoms with Gasteiger partial charge in [-0.3, -0.25) is 0 Å². The summed E-state index contributed by atoms with van der Waals surface area (Å²) in [7, 11) is 2.10. The molecule has 0 aromatic heterocycles. The van der Waals surface area contributed by atoms with Gasteiger partial charge in [-0.25, -0.2) is 0 Å². The van der Waals surface area contributed by atoms with Crippen molar-refractivity contribution in [2.45, 2.75) is 32.1 Å². The minimum absolute atomic E-state index is 0. The van der Waals surface area contributed by atoms with Crippen molar-refractivity contribution in [1.82, 2.24) is 0 Å². The fourth-order valence-electron chi connectivity index (χ4n) is 2.75. The lowest BCUT2D eigenvalue weighted by atomic mass is 10.0. The first-order valence-electron chi connectivity index (χ1n) is 8.42. The Morgan fingerprint density at radius 2 is 1.85 bits per heavy atom. The van der Waals surface area contributed by atoms with Crippen LogP contribution in [0.1, 0.15) is 37.7 Å². The molecule has 0 aliphatic carbocycles. The Bertz CT molecular complexity index is 583. The Labute approximate surface area is 176 Å². The molecular weight excluding hydrogens is 473 g/mol. The van der Waals surface area contributed by atoms with E-state index in [1.807, 2.05) is 12.1 Å². The van der Waals surface area contributed by atoms with Crippen LogP contribution in [-0.4, -0.2) is 36.9 Å². The summed E-state index contributed by atoms with van der Waals surface area (Å²) in [6, 6.07) is 6.14. The van der Waals surface area contributed by atoms with Crippen LogP contribution < -0.4 is 10.2 Å². The number of unbranched alkanes of at least 4 members (excludes halogenated alkanes) is 4. The monoisotopic (exact) mass is 499 g/mol. The molecule has 2 rings (SSSR count). The third-order valence-electron chi connectivity index (χ3n) is 3.99. The largest absolute Gasteiger partial charge is 0.396 e. The average molecular weight is 500 g/mol. The lowest BCUT2D eigenvalue weighted by Crippen LogP contribution is -2.81. The molecule has 1 aliphatic rings. The normalized spacial score (nSPS) is 12.3. The van der Waals surface area contributed by atoms with Gasteiger partial charge in [-0.15, -0.1) is 24.0 Å². The number of aliphatic hydroxyl groups is 1. The van der Waals surface area contributed by atoms with Crippen molar-refractivity contribution in [1.29, 1.82) is 0 Å². The highest BCUT2D eigenvalue weighted by Crippen LogP contribution is 2.30. The summed E-state index contributed by atoms with van der Waals surface area (Å²) in [4.78, 5) is 10.5. The number of aliphatic hydroxyl groups excluding tert-OH is 1. The highest BCUT2D eigenvalue weighted by Gasteiger charge is 2.19. The standard InChI is InChI=1S/C17H25ClN2O.HI.NO3/c1-20-11-9-16(15-8-7-14(18)13-17(15)20)19-10-5-3-2-4-6-12-21;;2-1(3)4/h7-9,13,19,21H,2-6,10-12H2,1H3;1H;/q;;-1/p+1. The van der Waals surface area contributed by atoms with Gasteiger partial charge < -0.3 is 30.6 Å². The molecule has 1 aromatic rings. The van der Waals surface area contributed by atoms with Crippen molar-refractivity contribution >= 4 is 47.0 Å². The van der Waals surface area contributed by atoms with E-state index in [0.29, 0.717) is 6.61 Å². The number of nitrogens with two attached hydrogens (primary N) is 1. The first-order valence-corrected chi connectivity index (χ1v) is 8.80. The molecule has 0 radical (unpaired) electrons. The maximum Gasteiger partial charge on any atom is 0.136 e. The van der Waals surface area contributed by atoms with Gasteiger partial charge in [-0.2, -0.15) is 0 Å². The first kappa shape index (κ1) is 24.9. The summed E-state index contributed by atoms with van der Waals surface area (Å²) < 4.78 is 0. The molecular formula is C17H27ClIN3O4. The number of halogens is 2. The SMILES string of the molecule is CN1CC=C([NH2+]CCCCCCCO)c2ccc(Cl)cc21.I.O=[N+]([O-])[O-]. The Hall–Kier alpha value is -1.10. The van der Waals surface area contributed by atoms with Crippen molar-refractivity contribution in [2.24, 2.45) is 0 Å². The molecule has 148 valence electrons. The maximum absolute atomic E-state index is 8.75. The van der Waals surface area contributed by atoms with Gasteiger partial charge in [0, 0.05) is 25.2 Å². The summed E-state index contributed by atoms with van der Waals surface area (Å²) in [6.45, 7) is 2.39. The van der Waals surface area contributed by atoms with Gasteiger partial charge >= 0.3 is 0 Å². The van der Waals surface area contributed by atoms with Gasteiger partial charge in [-0.05, 0) is 43.5 Å². The molecule has 1 heterocycles. The summed E-state index contributed by atoms with van der Waals surface area (Å²) in [6.07, 6.45) is 8.07. The highest BCUT2D eigenvalue weighted by atomic mass is 127. The van der Waals surface area contributed by atoms with E-state index < -0.39 is 5.09 Å². The summed E-state index contributed by atoms with van der Waals surface area (Å²) in [5, 5.41) is 26.6. The van der Waals surface area contributed by atoms with Crippen LogP contribution in [0.5, 0.6) is 0 Å². The second kappa shape index (κ2) is 14.0. The Morgan fingerprint density at radius 1 is 1.23 bits per heavy atom. The van der Waals surface area contributed by atoms with Gasteiger partial charge in [0.1, 0.15) is 5.70 Å². The van der Waals surface area contributed by atoms with Crippen LogP contribution in [-0.2, 0) is 0 Å². The predicted molar refractivity (Wildman–Crippen MR) is 115 cm³/mol. The predicted octanol–water partition coefficient (Wildman–Crippen LogP) is 3.02. The first-order chi connectivity index (χ1) is 12.0. The lowest BCUT2D eigenvalue weighted by Gasteiger charge is -2.25. The van der Waals surface area contributed by atoms with Crippen molar-refractivity contribution < 1.29 is 15.5 Å². The molecule has 0 atom stereocenters. The minimum atomic E-state index is -1.75. The van der Waals surface area contributed by atoms with Crippen molar-refractivity contribution in [2.75, 3.05) is 31.6 Å². The number of likely N-dealkylation sites (N-methyl/N-ethyl adjacent to an activating group) is 1. The summed E-state index contributed by atoms with van der Waals surface area (Å²) in [5.41, 5.74) is 3.85. The van der Waals surface area contributed by atoms with Gasteiger partial charge in [-0.1, -0.05) is 24.4 Å². The summed E-state index contributed by atoms with van der Waals surface area (Å²) in [5.74, 6) is 0. The van der Waals surface area contributed by atoms with Crippen molar-refractivity contribution in [3.8, 4) is 0 Å². The van der Waals surface area contributed by atoms with Crippen LogP contribution in [0.15, 0.2) is 24.3 Å². The maximum atomic E-state index is 8.75. The zero-order valence-corrected chi connectivity index (χ0v) is 18.0. The summed E-state index contributed by atoms with van der Waals surface area (Å²) >= 11 is 6.10. The molecule has 0 saturated carbocycles. The number of fused-ring (bicyclic) bond motifs is 1. The highest BCUT2D eigenvalue weighted by molar-refractivity contribution is 14.0. The molecule has 3 N–H and O–H groups in total. The molecule has 26 heavy (non-hydrogen) atoms. The van der Waals surface area contributed by atoms with Crippen LogP contribution in [0.4, 0.5) is 5.69 Å². The van der Waals surface area contributed by atoms with Crippen LogP contribution in [0.2, 0.25) is 5.02 Å². The number of hydrogen-bond donors (Lipinski definition) is 2. The Kier molecular flexibility index (Phi) is 13.4. The van der Waals surface area contributed by atoms with Crippen LogP contribution in [0.3, 0.4) is 0 Å². The number of rotatable bonds is 8. The van der Waals surface area contributed by atoms with E-state index in [9.17, 15) is 0 Å². The number of nitrogens with zero attached hydrogens (tertiary/aromatic N) is 2. The smallest absolute Gasteiger partial charge is 0.136 e. The molecule has 0 saturated heterocycles. The zero-order chi connectivity index (χ0) is 18.7. The van der Waals surface area contributed by atoms with E-state index in [4.69, 9.17) is 32.0 Å². The number of hydrogen-bond acceptors (Lipinski definition) is 5. The molecule has 0 unspecified atom stereocenters. The van der Waals surface area contributed by atoms with Crippen LogP contribution in [0, 0.1) is 15.3 Å². The zero-order valence-electron chi connectivity index (χ0n) is 14.9. The third-order valence-corrected chi connectivity index (χ3v) is 4.23. The second-order valence-corrected chi connectivity index (χ2v) is 6.35. The third kappa shape index (κ3) is 9.56. The quantitative estimate of drug-likeness (QED) is 0.247. The molecule has 9 heteroatoms. The topological polar surface area (TPSA) is 106 Å². The van der Waals surface area contributed by atoms with Gasteiger partial charge in [0.15, 0.2) is 0 Å². The van der Waals surface area contributed by atoms with E-state index in [1.54, 1.807) is 0 Å². The number of quaternary nitrogens is 1. The fourth-order valence-corrected chi connectivity index (χ4v) is 2.91.